The normalized spacial score (nSPS) is 11.9. The summed E-state index contributed by atoms with van der Waals surface area (Å²) in [5.41, 5.74) is 1.05. The number of unbranched alkanes of at least 4 members (excludes halogenated alkanes) is 1. The van der Waals surface area contributed by atoms with Crippen molar-refractivity contribution >= 4 is 49.6 Å². The molecule has 0 aliphatic rings. The van der Waals surface area contributed by atoms with Gasteiger partial charge >= 0.3 is 12.1 Å². The van der Waals surface area contributed by atoms with Crippen molar-refractivity contribution in [3.05, 3.63) is 69.1 Å². The Labute approximate surface area is 179 Å². The first-order chi connectivity index (χ1) is 13.3. The number of carboxylic acid groups (broad SMARTS) is 1. The highest BCUT2D eigenvalue weighted by atomic mass is 79.9. The number of amides is 1. The minimum atomic E-state index is -1.01. The number of hydrogen-bond donors (Lipinski definition) is 3. The predicted octanol–water partition coefficient (Wildman–Crippen LogP) is 6.02. The molecule has 0 heterocycles. The molecule has 0 aliphatic carbocycles. The van der Waals surface area contributed by atoms with E-state index in [0.29, 0.717) is 30.5 Å². The van der Waals surface area contributed by atoms with E-state index in [1.54, 1.807) is 42.5 Å². The zero-order valence-corrected chi connectivity index (χ0v) is 17.9. The van der Waals surface area contributed by atoms with E-state index in [9.17, 15) is 14.7 Å². The van der Waals surface area contributed by atoms with Gasteiger partial charge in [0.15, 0.2) is 0 Å². The number of phenols is 1. The molecule has 0 spiro atoms. The van der Waals surface area contributed by atoms with Crippen LogP contribution in [0.5, 0.6) is 5.75 Å². The molecule has 1 amide bonds. The molecule has 0 aliphatic heterocycles. The second-order valence-electron chi connectivity index (χ2n) is 5.90. The van der Waals surface area contributed by atoms with Gasteiger partial charge in [-0.15, -0.1) is 0 Å². The number of hydrogen-bond acceptors (Lipinski definition) is 4. The molecular formula is C20H19Br2NO5. The zero-order valence-electron chi connectivity index (χ0n) is 14.8. The summed E-state index contributed by atoms with van der Waals surface area (Å²) in [6, 6.07) is 11.9. The molecule has 0 aromatic heterocycles. The van der Waals surface area contributed by atoms with E-state index in [0.717, 1.165) is 15.0 Å². The molecule has 0 unspecified atom stereocenters. The predicted molar refractivity (Wildman–Crippen MR) is 113 cm³/mol. The van der Waals surface area contributed by atoms with Crippen molar-refractivity contribution in [2.75, 3.05) is 5.32 Å². The Bertz CT molecular complexity index is 852. The number of carboxylic acids is 1. The number of rotatable bonds is 8. The number of carbonyl (C=O) groups is 2. The van der Waals surface area contributed by atoms with Crippen molar-refractivity contribution in [3.63, 3.8) is 0 Å². The molecular weight excluding hydrogens is 494 g/mol. The number of anilines is 1. The van der Waals surface area contributed by atoms with Crippen LogP contribution in [-0.2, 0) is 9.53 Å². The molecule has 3 N–H and O–H groups in total. The van der Waals surface area contributed by atoms with Crippen LogP contribution in [0.25, 0.3) is 0 Å². The Kier molecular flexibility index (Phi) is 8.53. The summed E-state index contributed by atoms with van der Waals surface area (Å²) in [6.45, 7) is 0. The van der Waals surface area contributed by atoms with Crippen molar-refractivity contribution in [1.29, 1.82) is 0 Å². The third-order valence-electron chi connectivity index (χ3n) is 3.77. The SMILES string of the molecule is O=C(O)/C=C/CCC[C@@H](OC(=O)Nc1ccc(Br)cc1)c1cc(Br)ccc1O. The number of ether oxygens (including phenoxy) is 1. The average Bonchev–Trinajstić information content (AvgIpc) is 2.64. The highest BCUT2D eigenvalue weighted by Crippen LogP contribution is 2.33. The molecule has 8 heteroatoms. The molecule has 2 rings (SSSR count). The lowest BCUT2D eigenvalue weighted by Crippen LogP contribution is -2.17. The molecule has 2 aromatic carbocycles. The number of carbonyl (C=O) groups excluding carboxylic acids is 1. The lowest BCUT2D eigenvalue weighted by molar-refractivity contribution is -0.131. The second-order valence-corrected chi connectivity index (χ2v) is 7.73. The summed E-state index contributed by atoms with van der Waals surface area (Å²) >= 11 is 6.68. The summed E-state index contributed by atoms with van der Waals surface area (Å²) in [5.74, 6) is -0.989. The van der Waals surface area contributed by atoms with Gasteiger partial charge in [-0.2, -0.15) is 0 Å². The average molecular weight is 513 g/mol. The number of aliphatic carboxylic acids is 1. The van der Waals surface area contributed by atoms with Gasteiger partial charge < -0.3 is 14.9 Å². The molecule has 0 radical (unpaired) electrons. The van der Waals surface area contributed by atoms with Gasteiger partial charge in [0.05, 0.1) is 0 Å². The van der Waals surface area contributed by atoms with Gasteiger partial charge in [0, 0.05) is 26.3 Å². The van der Waals surface area contributed by atoms with Gasteiger partial charge in [-0.1, -0.05) is 37.9 Å². The molecule has 0 saturated heterocycles. The van der Waals surface area contributed by atoms with Gasteiger partial charge in [-0.3, -0.25) is 5.32 Å². The topological polar surface area (TPSA) is 95.9 Å². The molecule has 2 aromatic rings. The zero-order chi connectivity index (χ0) is 20.5. The Morgan fingerprint density at radius 3 is 2.46 bits per heavy atom. The molecule has 28 heavy (non-hydrogen) atoms. The fraction of sp³-hybridized carbons (Fsp3) is 0.200. The first-order valence-corrected chi connectivity index (χ1v) is 10.0. The first-order valence-electron chi connectivity index (χ1n) is 8.46. The van der Waals surface area contributed by atoms with E-state index in [1.807, 2.05) is 0 Å². The fourth-order valence-electron chi connectivity index (χ4n) is 2.48. The van der Waals surface area contributed by atoms with Crippen LogP contribution in [0.15, 0.2) is 63.6 Å². The number of benzene rings is 2. The molecule has 0 saturated carbocycles. The van der Waals surface area contributed by atoms with Crippen LogP contribution >= 0.6 is 31.9 Å². The Hall–Kier alpha value is -2.32. The summed E-state index contributed by atoms with van der Waals surface area (Å²) in [4.78, 5) is 22.9. The number of halogens is 2. The Morgan fingerprint density at radius 2 is 1.79 bits per heavy atom. The van der Waals surface area contributed by atoms with Crippen molar-refractivity contribution in [3.8, 4) is 5.75 Å². The minimum Gasteiger partial charge on any atom is -0.508 e. The first kappa shape index (κ1) is 22.0. The maximum Gasteiger partial charge on any atom is 0.412 e. The molecule has 6 nitrogen and oxygen atoms in total. The third-order valence-corrected chi connectivity index (χ3v) is 4.80. The lowest BCUT2D eigenvalue weighted by Gasteiger charge is -2.20. The van der Waals surface area contributed by atoms with Gasteiger partial charge in [-0.25, -0.2) is 9.59 Å². The van der Waals surface area contributed by atoms with Crippen LogP contribution in [0.1, 0.15) is 30.9 Å². The van der Waals surface area contributed by atoms with E-state index >= 15 is 0 Å². The Balaban J connectivity index is 2.08. The van der Waals surface area contributed by atoms with Crippen LogP contribution in [0.4, 0.5) is 10.5 Å². The van der Waals surface area contributed by atoms with Gasteiger partial charge in [0.25, 0.3) is 0 Å². The number of aromatic hydroxyl groups is 1. The van der Waals surface area contributed by atoms with Gasteiger partial charge in [0.1, 0.15) is 11.9 Å². The van der Waals surface area contributed by atoms with Crippen molar-refractivity contribution in [1.82, 2.24) is 0 Å². The third kappa shape index (κ3) is 7.36. The summed E-state index contributed by atoms with van der Waals surface area (Å²) in [5, 5.41) is 21.5. The van der Waals surface area contributed by atoms with Crippen LogP contribution in [0.3, 0.4) is 0 Å². The maximum atomic E-state index is 12.3. The quantitative estimate of drug-likeness (QED) is 0.297. The van der Waals surface area contributed by atoms with Crippen LogP contribution < -0.4 is 5.32 Å². The van der Waals surface area contributed by atoms with E-state index in [2.05, 4.69) is 37.2 Å². The largest absolute Gasteiger partial charge is 0.508 e. The van der Waals surface area contributed by atoms with Crippen molar-refractivity contribution < 1.29 is 24.5 Å². The highest BCUT2D eigenvalue weighted by Gasteiger charge is 2.20. The van der Waals surface area contributed by atoms with E-state index in [-0.39, 0.29) is 5.75 Å². The van der Waals surface area contributed by atoms with E-state index < -0.39 is 18.2 Å². The molecule has 1 atom stereocenters. The summed E-state index contributed by atoms with van der Waals surface area (Å²) in [7, 11) is 0. The van der Waals surface area contributed by atoms with E-state index in [1.165, 1.54) is 6.07 Å². The summed E-state index contributed by atoms with van der Waals surface area (Å²) in [6.07, 6.45) is 2.79. The monoisotopic (exact) mass is 511 g/mol. The standard InChI is InChI=1S/C20H19Br2NO5/c21-13-6-9-15(10-7-13)23-20(27)28-18(4-2-1-3-5-19(25)26)16-12-14(22)8-11-17(16)24/h3,5-12,18,24H,1-2,4H2,(H,23,27)(H,25,26)/b5-3+/t18-/m1/s1. The van der Waals surface area contributed by atoms with Crippen LogP contribution in [0.2, 0.25) is 0 Å². The lowest BCUT2D eigenvalue weighted by atomic mass is 10.0. The van der Waals surface area contributed by atoms with Crippen LogP contribution in [0, 0.1) is 0 Å². The minimum absolute atomic E-state index is 0.0192. The maximum absolute atomic E-state index is 12.3. The number of allylic oxidation sites excluding steroid dienone is 1. The smallest absolute Gasteiger partial charge is 0.412 e. The molecule has 148 valence electrons. The number of phenolic OH excluding ortho intramolecular Hbond substituents is 1. The highest BCUT2D eigenvalue weighted by molar-refractivity contribution is 9.10. The second kappa shape index (κ2) is 10.9. The van der Waals surface area contributed by atoms with Gasteiger partial charge in [0.2, 0.25) is 0 Å². The molecule has 0 bridgehead atoms. The van der Waals surface area contributed by atoms with Gasteiger partial charge in [-0.05, 0) is 61.7 Å². The Morgan fingerprint density at radius 1 is 1.11 bits per heavy atom. The van der Waals surface area contributed by atoms with Crippen molar-refractivity contribution in [2.45, 2.75) is 25.4 Å². The number of nitrogens with one attached hydrogen (secondary N) is 1. The summed E-state index contributed by atoms with van der Waals surface area (Å²) < 4.78 is 7.18. The van der Waals surface area contributed by atoms with E-state index in [4.69, 9.17) is 9.84 Å². The van der Waals surface area contributed by atoms with Crippen LogP contribution in [-0.4, -0.2) is 22.3 Å². The van der Waals surface area contributed by atoms with Crippen molar-refractivity contribution in [2.24, 2.45) is 0 Å². The molecule has 0 fully saturated rings. The fourth-order valence-corrected chi connectivity index (χ4v) is 3.12.